The van der Waals surface area contributed by atoms with Crippen LogP contribution in [0.15, 0.2) is 35.5 Å². The lowest BCUT2D eigenvalue weighted by molar-refractivity contribution is -0.131. The lowest BCUT2D eigenvalue weighted by atomic mass is 10.3. The Hall–Kier alpha value is -3.01. The number of anilines is 1. The zero-order valence-corrected chi connectivity index (χ0v) is 16.5. The van der Waals surface area contributed by atoms with Crippen molar-refractivity contribution in [2.24, 2.45) is 0 Å². The van der Waals surface area contributed by atoms with Gasteiger partial charge < -0.3 is 10.2 Å². The molecule has 2 heterocycles. The summed E-state index contributed by atoms with van der Waals surface area (Å²) in [6.07, 6.45) is 0. The van der Waals surface area contributed by atoms with Gasteiger partial charge in [0.1, 0.15) is 5.82 Å². The third-order valence-electron chi connectivity index (χ3n) is 3.86. The van der Waals surface area contributed by atoms with Crippen LogP contribution in [0.5, 0.6) is 0 Å². The van der Waals surface area contributed by atoms with Gasteiger partial charge in [-0.25, -0.2) is 13.9 Å². The SMILES string of the molecule is Cc1cc(C)n2nc(SCC(=O)N(C)CC(=O)Nc3ccc(F)cc3)nc2n1. The van der Waals surface area contributed by atoms with Gasteiger partial charge in [0.05, 0.1) is 12.3 Å². The number of benzene rings is 1. The van der Waals surface area contributed by atoms with Crippen molar-refractivity contribution in [3.8, 4) is 0 Å². The van der Waals surface area contributed by atoms with Crippen molar-refractivity contribution in [1.82, 2.24) is 24.5 Å². The Bertz CT molecular complexity index is 1020. The summed E-state index contributed by atoms with van der Waals surface area (Å²) in [5, 5.41) is 7.39. The maximum absolute atomic E-state index is 12.9. The molecule has 2 amide bonds. The Morgan fingerprint density at radius 3 is 2.64 bits per heavy atom. The van der Waals surface area contributed by atoms with E-state index in [1.807, 2.05) is 19.9 Å². The smallest absolute Gasteiger partial charge is 0.253 e. The molecule has 0 atom stereocenters. The Morgan fingerprint density at radius 2 is 1.93 bits per heavy atom. The zero-order chi connectivity index (χ0) is 20.3. The quantitative estimate of drug-likeness (QED) is 0.635. The molecule has 3 aromatic rings. The molecule has 0 bridgehead atoms. The van der Waals surface area contributed by atoms with E-state index in [0.29, 0.717) is 16.6 Å². The minimum Gasteiger partial charge on any atom is -0.336 e. The number of fused-ring (bicyclic) bond motifs is 1. The standard InChI is InChI=1S/C18H19FN6O2S/c1-11-8-12(2)25-17(20-11)22-18(23-25)28-10-16(27)24(3)9-15(26)21-14-6-4-13(19)5-7-14/h4-8H,9-10H2,1-3H3,(H,21,26). The third-order valence-corrected chi connectivity index (χ3v) is 4.68. The number of amides is 2. The molecule has 0 unspecified atom stereocenters. The van der Waals surface area contributed by atoms with Crippen molar-refractivity contribution in [2.75, 3.05) is 24.7 Å². The molecular formula is C18H19FN6O2S. The molecule has 28 heavy (non-hydrogen) atoms. The summed E-state index contributed by atoms with van der Waals surface area (Å²) in [6, 6.07) is 7.31. The number of aryl methyl sites for hydroxylation is 2. The molecule has 8 nitrogen and oxygen atoms in total. The van der Waals surface area contributed by atoms with Gasteiger partial charge in [0, 0.05) is 24.1 Å². The number of hydrogen-bond donors (Lipinski definition) is 1. The molecule has 0 saturated heterocycles. The van der Waals surface area contributed by atoms with Gasteiger partial charge in [-0.05, 0) is 44.2 Å². The highest BCUT2D eigenvalue weighted by molar-refractivity contribution is 7.99. The van der Waals surface area contributed by atoms with Crippen LogP contribution < -0.4 is 5.32 Å². The first-order valence-corrected chi connectivity index (χ1v) is 9.43. The molecule has 10 heteroatoms. The monoisotopic (exact) mass is 402 g/mol. The Balaban J connectivity index is 1.53. The molecule has 146 valence electrons. The normalized spacial score (nSPS) is 10.9. The largest absolute Gasteiger partial charge is 0.336 e. The van der Waals surface area contributed by atoms with E-state index in [2.05, 4.69) is 20.4 Å². The number of aromatic nitrogens is 4. The van der Waals surface area contributed by atoms with Crippen LogP contribution >= 0.6 is 11.8 Å². The number of thioether (sulfide) groups is 1. The Labute approximate surface area is 165 Å². The molecule has 3 rings (SSSR count). The Kier molecular flexibility index (Phi) is 5.88. The van der Waals surface area contributed by atoms with Gasteiger partial charge in [-0.15, -0.1) is 5.10 Å². The van der Waals surface area contributed by atoms with Gasteiger partial charge in [0.25, 0.3) is 5.78 Å². The molecule has 2 aromatic heterocycles. The highest BCUT2D eigenvalue weighted by Crippen LogP contribution is 2.16. The summed E-state index contributed by atoms with van der Waals surface area (Å²) in [6.45, 7) is 3.67. The van der Waals surface area contributed by atoms with E-state index in [9.17, 15) is 14.0 Å². The first-order chi connectivity index (χ1) is 13.3. The molecule has 0 radical (unpaired) electrons. The van der Waals surface area contributed by atoms with Gasteiger partial charge in [-0.2, -0.15) is 4.98 Å². The van der Waals surface area contributed by atoms with Crippen LogP contribution in [0.2, 0.25) is 0 Å². The second kappa shape index (κ2) is 8.34. The summed E-state index contributed by atoms with van der Waals surface area (Å²) in [7, 11) is 1.54. The molecule has 0 saturated carbocycles. The zero-order valence-electron chi connectivity index (χ0n) is 15.6. The maximum atomic E-state index is 12.9. The van der Waals surface area contributed by atoms with Crippen molar-refractivity contribution < 1.29 is 14.0 Å². The number of nitrogens with one attached hydrogen (secondary N) is 1. The number of hydrogen-bond acceptors (Lipinski definition) is 6. The van der Waals surface area contributed by atoms with E-state index in [1.165, 1.54) is 40.9 Å². The van der Waals surface area contributed by atoms with E-state index in [0.717, 1.165) is 11.4 Å². The van der Waals surface area contributed by atoms with E-state index in [1.54, 1.807) is 11.6 Å². The van der Waals surface area contributed by atoms with Gasteiger partial charge in [0.15, 0.2) is 0 Å². The molecule has 0 spiro atoms. The molecule has 1 N–H and O–H groups in total. The molecular weight excluding hydrogens is 383 g/mol. The highest BCUT2D eigenvalue weighted by Gasteiger charge is 2.16. The molecule has 1 aromatic carbocycles. The number of carbonyl (C=O) groups excluding carboxylic acids is 2. The second-order valence-electron chi connectivity index (χ2n) is 6.24. The number of likely N-dealkylation sites (N-methyl/N-ethyl adjacent to an activating group) is 1. The fourth-order valence-electron chi connectivity index (χ4n) is 2.48. The van der Waals surface area contributed by atoms with Crippen molar-refractivity contribution in [1.29, 1.82) is 0 Å². The van der Waals surface area contributed by atoms with Gasteiger partial charge in [-0.1, -0.05) is 11.8 Å². The lowest BCUT2D eigenvalue weighted by Gasteiger charge is -2.16. The van der Waals surface area contributed by atoms with Crippen molar-refractivity contribution >= 4 is 35.0 Å². The lowest BCUT2D eigenvalue weighted by Crippen LogP contribution is -2.35. The van der Waals surface area contributed by atoms with Crippen LogP contribution in [-0.4, -0.2) is 55.6 Å². The predicted molar refractivity (Wildman–Crippen MR) is 104 cm³/mol. The number of carbonyl (C=O) groups is 2. The van der Waals surface area contributed by atoms with Crippen molar-refractivity contribution in [2.45, 2.75) is 19.0 Å². The number of nitrogens with zero attached hydrogens (tertiary/aromatic N) is 5. The van der Waals surface area contributed by atoms with Crippen LogP contribution in [0, 0.1) is 19.7 Å². The fraction of sp³-hybridized carbons (Fsp3) is 0.278. The average molecular weight is 402 g/mol. The van der Waals surface area contributed by atoms with Crippen LogP contribution in [0.3, 0.4) is 0 Å². The second-order valence-corrected chi connectivity index (χ2v) is 7.18. The summed E-state index contributed by atoms with van der Waals surface area (Å²) in [5.74, 6) is -0.412. The molecule has 0 aliphatic heterocycles. The summed E-state index contributed by atoms with van der Waals surface area (Å²) in [4.78, 5) is 34.2. The van der Waals surface area contributed by atoms with Crippen LogP contribution in [0.25, 0.3) is 5.78 Å². The van der Waals surface area contributed by atoms with E-state index in [4.69, 9.17) is 0 Å². The van der Waals surface area contributed by atoms with Crippen molar-refractivity contribution in [3.63, 3.8) is 0 Å². The third kappa shape index (κ3) is 4.83. The molecule has 0 aliphatic rings. The maximum Gasteiger partial charge on any atom is 0.253 e. The number of rotatable bonds is 6. The molecule has 0 aliphatic carbocycles. The van der Waals surface area contributed by atoms with Crippen LogP contribution in [0.1, 0.15) is 11.4 Å². The van der Waals surface area contributed by atoms with Gasteiger partial charge >= 0.3 is 0 Å². The summed E-state index contributed by atoms with van der Waals surface area (Å²) < 4.78 is 14.5. The van der Waals surface area contributed by atoms with E-state index >= 15 is 0 Å². The first kappa shape index (κ1) is 19.7. The predicted octanol–water partition coefficient (Wildman–Crippen LogP) is 2.07. The fourth-order valence-corrected chi connectivity index (χ4v) is 3.24. The highest BCUT2D eigenvalue weighted by atomic mass is 32.2. The van der Waals surface area contributed by atoms with Crippen LogP contribution in [-0.2, 0) is 9.59 Å². The number of halogens is 1. The average Bonchev–Trinajstić information content (AvgIpc) is 3.04. The Morgan fingerprint density at radius 1 is 1.21 bits per heavy atom. The van der Waals surface area contributed by atoms with Crippen molar-refractivity contribution in [3.05, 3.63) is 47.5 Å². The van der Waals surface area contributed by atoms with Gasteiger partial charge in [0.2, 0.25) is 17.0 Å². The van der Waals surface area contributed by atoms with E-state index in [-0.39, 0.29) is 29.9 Å². The minimum absolute atomic E-state index is 0.0925. The minimum atomic E-state index is -0.386. The van der Waals surface area contributed by atoms with Crippen LogP contribution in [0.4, 0.5) is 10.1 Å². The van der Waals surface area contributed by atoms with Gasteiger partial charge in [-0.3, -0.25) is 9.59 Å². The summed E-state index contributed by atoms with van der Waals surface area (Å²) in [5.41, 5.74) is 2.22. The molecule has 0 fully saturated rings. The van der Waals surface area contributed by atoms with E-state index < -0.39 is 0 Å². The first-order valence-electron chi connectivity index (χ1n) is 8.45. The summed E-state index contributed by atoms with van der Waals surface area (Å²) >= 11 is 1.18. The topological polar surface area (TPSA) is 92.5 Å².